The normalized spacial score (nSPS) is 14.2. The molecule has 1 aliphatic heterocycles. The first-order valence-electron chi connectivity index (χ1n) is 4.99. The van der Waals surface area contributed by atoms with Crippen LogP contribution in [0.5, 0.6) is 5.75 Å². The summed E-state index contributed by atoms with van der Waals surface area (Å²) in [6.45, 7) is 1.10. The SMILES string of the molecule is CS(=O)(=O)NC(=O)c1cccc2c1OCCN2. The molecule has 1 aliphatic rings. The molecule has 0 aliphatic carbocycles. The number of hydrogen-bond donors (Lipinski definition) is 2. The van der Waals surface area contributed by atoms with Crippen LogP contribution in [0.4, 0.5) is 5.69 Å². The van der Waals surface area contributed by atoms with Crippen molar-refractivity contribution in [2.75, 3.05) is 24.7 Å². The Morgan fingerprint density at radius 2 is 2.24 bits per heavy atom. The lowest BCUT2D eigenvalue weighted by atomic mass is 10.1. The molecule has 0 aromatic heterocycles. The Bertz CT molecular complexity index is 553. The number of fused-ring (bicyclic) bond motifs is 1. The van der Waals surface area contributed by atoms with Crippen LogP contribution in [-0.2, 0) is 10.0 Å². The Hall–Kier alpha value is -1.76. The summed E-state index contributed by atoms with van der Waals surface area (Å²) in [7, 11) is -3.57. The molecule has 0 atom stereocenters. The van der Waals surface area contributed by atoms with Crippen molar-refractivity contribution in [3.05, 3.63) is 23.8 Å². The Labute approximate surface area is 99.0 Å². The highest BCUT2D eigenvalue weighted by Crippen LogP contribution is 2.31. The first-order chi connectivity index (χ1) is 7.97. The molecule has 2 rings (SSSR count). The third-order valence-corrected chi connectivity index (χ3v) is 2.76. The van der Waals surface area contributed by atoms with Gasteiger partial charge in [-0.25, -0.2) is 13.1 Å². The molecular formula is C10H12N2O4S. The van der Waals surface area contributed by atoms with Crippen molar-refractivity contribution in [3.63, 3.8) is 0 Å². The molecule has 0 unspecified atom stereocenters. The van der Waals surface area contributed by atoms with Crippen LogP contribution in [0, 0.1) is 0 Å². The van der Waals surface area contributed by atoms with Crippen molar-refractivity contribution in [1.29, 1.82) is 0 Å². The minimum absolute atomic E-state index is 0.208. The monoisotopic (exact) mass is 256 g/mol. The maximum atomic E-state index is 11.7. The van der Waals surface area contributed by atoms with Crippen LogP contribution in [0.15, 0.2) is 18.2 Å². The zero-order valence-corrected chi connectivity index (χ0v) is 10.0. The fourth-order valence-corrected chi connectivity index (χ4v) is 2.02. The molecule has 6 nitrogen and oxygen atoms in total. The van der Waals surface area contributed by atoms with Crippen molar-refractivity contribution >= 4 is 21.6 Å². The molecule has 1 amide bonds. The van der Waals surface area contributed by atoms with Gasteiger partial charge in [0.05, 0.1) is 17.5 Å². The first kappa shape index (κ1) is 11.7. The Balaban J connectivity index is 2.36. The highest BCUT2D eigenvalue weighted by atomic mass is 32.2. The first-order valence-corrected chi connectivity index (χ1v) is 6.88. The van der Waals surface area contributed by atoms with E-state index < -0.39 is 15.9 Å². The van der Waals surface area contributed by atoms with E-state index in [1.54, 1.807) is 12.1 Å². The summed E-state index contributed by atoms with van der Waals surface area (Å²) in [6, 6.07) is 4.95. The summed E-state index contributed by atoms with van der Waals surface area (Å²) < 4.78 is 29.3. The van der Waals surface area contributed by atoms with Crippen LogP contribution < -0.4 is 14.8 Å². The van der Waals surface area contributed by atoms with Crippen molar-refractivity contribution in [2.24, 2.45) is 0 Å². The topological polar surface area (TPSA) is 84.5 Å². The number of benzene rings is 1. The fourth-order valence-electron chi connectivity index (χ4n) is 1.57. The summed E-state index contributed by atoms with van der Waals surface area (Å²) >= 11 is 0. The molecule has 0 saturated carbocycles. The lowest BCUT2D eigenvalue weighted by molar-refractivity contribution is 0.0977. The van der Waals surface area contributed by atoms with Gasteiger partial charge in [0, 0.05) is 6.54 Å². The zero-order valence-electron chi connectivity index (χ0n) is 9.19. The molecule has 0 saturated heterocycles. The Morgan fingerprint density at radius 1 is 1.47 bits per heavy atom. The van der Waals surface area contributed by atoms with Crippen molar-refractivity contribution in [2.45, 2.75) is 0 Å². The van der Waals surface area contributed by atoms with Gasteiger partial charge in [-0.15, -0.1) is 0 Å². The van der Waals surface area contributed by atoms with Crippen molar-refractivity contribution in [3.8, 4) is 5.75 Å². The van der Waals surface area contributed by atoms with Gasteiger partial charge in [0.2, 0.25) is 10.0 Å². The zero-order chi connectivity index (χ0) is 12.5. The second kappa shape index (κ2) is 4.25. The number of hydrogen-bond acceptors (Lipinski definition) is 5. The standard InChI is InChI=1S/C10H12N2O4S/c1-17(14,15)12-10(13)7-3-2-4-8-9(7)16-6-5-11-8/h2-4,11H,5-6H2,1H3,(H,12,13). The lowest BCUT2D eigenvalue weighted by Gasteiger charge is -2.21. The van der Waals surface area contributed by atoms with Gasteiger partial charge in [-0.3, -0.25) is 4.79 Å². The summed E-state index contributed by atoms with van der Waals surface area (Å²) in [5.74, 6) is -0.298. The molecule has 7 heteroatoms. The number of carbonyl (C=O) groups excluding carboxylic acids is 1. The van der Waals surface area contributed by atoms with E-state index in [1.165, 1.54) is 6.07 Å². The molecule has 0 spiro atoms. The second-order valence-electron chi connectivity index (χ2n) is 3.66. The van der Waals surface area contributed by atoms with E-state index in [0.29, 0.717) is 24.6 Å². The van der Waals surface area contributed by atoms with E-state index in [2.05, 4.69) is 5.32 Å². The van der Waals surface area contributed by atoms with Gasteiger partial charge in [0.15, 0.2) is 5.75 Å². The summed E-state index contributed by atoms with van der Waals surface area (Å²) in [5.41, 5.74) is 0.900. The smallest absolute Gasteiger partial charge is 0.268 e. The number of rotatable bonds is 2. The second-order valence-corrected chi connectivity index (χ2v) is 5.41. The van der Waals surface area contributed by atoms with Crippen LogP contribution in [0.2, 0.25) is 0 Å². The molecule has 2 N–H and O–H groups in total. The fraction of sp³-hybridized carbons (Fsp3) is 0.300. The van der Waals surface area contributed by atoms with Gasteiger partial charge in [-0.05, 0) is 12.1 Å². The number of sulfonamides is 1. The third kappa shape index (κ3) is 2.68. The molecule has 17 heavy (non-hydrogen) atoms. The molecule has 1 aromatic carbocycles. The minimum Gasteiger partial charge on any atom is -0.489 e. The molecule has 1 aromatic rings. The predicted molar refractivity (Wildman–Crippen MR) is 62.7 cm³/mol. The molecule has 92 valence electrons. The van der Waals surface area contributed by atoms with Gasteiger partial charge in [-0.1, -0.05) is 6.07 Å². The number of anilines is 1. The van der Waals surface area contributed by atoms with E-state index in [9.17, 15) is 13.2 Å². The molecule has 0 radical (unpaired) electrons. The lowest BCUT2D eigenvalue weighted by Crippen LogP contribution is -2.30. The van der Waals surface area contributed by atoms with Gasteiger partial charge in [0.25, 0.3) is 5.91 Å². The average Bonchev–Trinajstić information content (AvgIpc) is 2.26. The van der Waals surface area contributed by atoms with E-state index in [1.807, 2.05) is 4.72 Å². The Morgan fingerprint density at radius 3 is 2.94 bits per heavy atom. The van der Waals surface area contributed by atoms with Crippen LogP contribution in [-0.4, -0.2) is 33.7 Å². The van der Waals surface area contributed by atoms with Gasteiger partial charge in [-0.2, -0.15) is 0 Å². The van der Waals surface area contributed by atoms with E-state index in [0.717, 1.165) is 6.26 Å². The minimum atomic E-state index is -3.57. The van der Waals surface area contributed by atoms with Crippen LogP contribution >= 0.6 is 0 Å². The summed E-state index contributed by atoms with van der Waals surface area (Å²) in [6.07, 6.45) is 0.930. The number of carbonyl (C=O) groups is 1. The van der Waals surface area contributed by atoms with Gasteiger partial charge >= 0.3 is 0 Å². The molecule has 1 heterocycles. The number of ether oxygens (including phenoxy) is 1. The van der Waals surface area contributed by atoms with Crippen LogP contribution in [0.3, 0.4) is 0 Å². The summed E-state index contributed by atoms with van der Waals surface area (Å²) in [4.78, 5) is 11.7. The summed E-state index contributed by atoms with van der Waals surface area (Å²) in [5, 5.41) is 3.07. The van der Waals surface area contributed by atoms with Crippen LogP contribution in [0.1, 0.15) is 10.4 Å². The van der Waals surface area contributed by atoms with Crippen molar-refractivity contribution < 1.29 is 17.9 Å². The Kier molecular flexibility index (Phi) is 2.93. The highest BCUT2D eigenvalue weighted by molar-refractivity contribution is 7.89. The van der Waals surface area contributed by atoms with E-state index >= 15 is 0 Å². The quantitative estimate of drug-likeness (QED) is 0.788. The van der Waals surface area contributed by atoms with E-state index in [-0.39, 0.29) is 5.56 Å². The molecule has 0 fully saturated rings. The number of nitrogens with one attached hydrogen (secondary N) is 2. The molecule has 0 bridgehead atoms. The maximum Gasteiger partial charge on any atom is 0.268 e. The van der Waals surface area contributed by atoms with Gasteiger partial charge < -0.3 is 10.1 Å². The van der Waals surface area contributed by atoms with Crippen molar-refractivity contribution in [1.82, 2.24) is 4.72 Å². The molecular weight excluding hydrogens is 244 g/mol. The van der Waals surface area contributed by atoms with Crippen LogP contribution in [0.25, 0.3) is 0 Å². The van der Waals surface area contributed by atoms with Gasteiger partial charge in [0.1, 0.15) is 6.61 Å². The number of amides is 1. The highest BCUT2D eigenvalue weighted by Gasteiger charge is 2.20. The average molecular weight is 256 g/mol. The largest absolute Gasteiger partial charge is 0.489 e. The van der Waals surface area contributed by atoms with E-state index in [4.69, 9.17) is 4.74 Å². The predicted octanol–water partition coefficient (Wildman–Crippen LogP) is 0.180. The maximum absolute atomic E-state index is 11.7. The third-order valence-electron chi connectivity index (χ3n) is 2.20. The number of para-hydroxylation sites is 1.